The quantitative estimate of drug-likeness (QED) is 0.812. The molecule has 0 amide bonds. The topological polar surface area (TPSA) is 48.1 Å². The van der Waals surface area contributed by atoms with E-state index in [2.05, 4.69) is 11.6 Å². The minimum Gasteiger partial charge on any atom is -0.476 e. The van der Waals surface area contributed by atoms with Crippen LogP contribution in [0.5, 0.6) is 5.88 Å². The maximum Gasteiger partial charge on any atom is 0.272 e. The lowest BCUT2D eigenvalue weighted by Gasteiger charge is -2.16. The first-order valence-electron chi connectivity index (χ1n) is 5.38. The summed E-state index contributed by atoms with van der Waals surface area (Å²) in [6, 6.07) is 1.60. The molecule has 3 nitrogen and oxygen atoms in total. The summed E-state index contributed by atoms with van der Waals surface area (Å²) in [6.07, 6.45) is 1.04. The Morgan fingerprint density at radius 3 is 2.78 bits per heavy atom. The highest BCUT2D eigenvalue weighted by molar-refractivity contribution is 6.31. The summed E-state index contributed by atoms with van der Waals surface area (Å²) in [4.78, 5) is 3.91. The summed E-state index contributed by atoms with van der Waals surface area (Å²) in [5, 5.41) is 0.261. The van der Waals surface area contributed by atoms with Crippen LogP contribution in [0.2, 0.25) is 5.02 Å². The van der Waals surface area contributed by atoms with Gasteiger partial charge in [0.05, 0.1) is 6.61 Å². The number of allylic oxidation sites excluding steroid dienone is 1. The number of hydrogen-bond donors (Lipinski definition) is 1. The molecule has 1 rings (SSSR count). The van der Waals surface area contributed by atoms with Crippen LogP contribution in [0.25, 0.3) is 0 Å². The van der Waals surface area contributed by atoms with E-state index >= 15 is 0 Å². The zero-order valence-corrected chi connectivity index (χ0v) is 10.8. The Bertz CT molecular complexity index is 438. The molecule has 0 saturated carbocycles. The van der Waals surface area contributed by atoms with Crippen LogP contribution < -0.4 is 10.5 Å². The van der Waals surface area contributed by atoms with E-state index < -0.39 is 12.3 Å². The van der Waals surface area contributed by atoms with Crippen molar-refractivity contribution in [3.63, 3.8) is 0 Å². The molecular weight excluding hydrogens is 262 g/mol. The van der Waals surface area contributed by atoms with Crippen molar-refractivity contribution < 1.29 is 13.5 Å². The van der Waals surface area contributed by atoms with Gasteiger partial charge in [-0.2, -0.15) is 0 Å². The number of nitrogens with two attached hydrogens (primary N) is 1. The summed E-state index contributed by atoms with van der Waals surface area (Å²) in [5.74, 6) is -2.81. The second kappa shape index (κ2) is 6.11. The third kappa shape index (κ3) is 3.92. The molecule has 6 heteroatoms. The van der Waals surface area contributed by atoms with E-state index in [0.717, 1.165) is 5.56 Å². The van der Waals surface area contributed by atoms with E-state index in [1.165, 1.54) is 13.1 Å². The minimum absolute atomic E-state index is 0.131. The normalized spacial score (nSPS) is 11.4. The molecule has 0 radical (unpaired) electrons. The number of nitrogens with zero attached hydrogens (tertiary/aromatic N) is 1. The number of ether oxygens (including phenoxy) is 1. The monoisotopic (exact) mass is 276 g/mol. The fraction of sp³-hybridized carbons (Fsp3) is 0.417. The Balaban J connectivity index is 2.57. The average Bonchev–Trinajstić information content (AvgIpc) is 2.30. The molecule has 0 aliphatic heterocycles. The van der Waals surface area contributed by atoms with E-state index in [9.17, 15) is 8.78 Å². The van der Waals surface area contributed by atoms with Crippen LogP contribution in [0.1, 0.15) is 18.9 Å². The van der Waals surface area contributed by atoms with Gasteiger partial charge in [0.2, 0.25) is 5.88 Å². The van der Waals surface area contributed by atoms with Crippen LogP contribution in [0, 0.1) is 0 Å². The predicted molar refractivity (Wildman–Crippen MR) is 67.0 cm³/mol. The van der Waals surface area contributed by atoms with Crippen LogP contribution in [-0.4, -0.2) is 17.5 Å². The fourth-order valence-electron chi connectivity index (χ4n) is 1.17. The maximum absolute atomic E-state index is 13.2. The molecule has 0 bridgehead atoms. The molecule has 0 aliphatic carbocycles. The molecule has 0 fully saturated rings. The molecular formula is C12H15ClF2N2O. The molecule has 0 saturated heterocycles. The zero-order valence-electron chi connectivity index (χ0n) is 10.0. The molecule has 1 aromatic heterocycles. The fourth-order valence-corrected chi connectivity index (χ4v) is 1.42. The number of halogens is 3. The summed E-state index contributed by atoms with van der Waals surface area (Å²) in [6.45, 7) is 4.63. The maximum atomic E-state index is 13.2. The molecule has 1 aromatic rings. The Morgan fingerprint density at radius 1 is 1.61 bits per heavy atom. The average molecular weight is 277 g/mol. The van der Waals surface area contributed by atoms with Crippen molar-refractivity contribution >= 4 is 11.6 Å². The minimum atomic E-state index is -2.94. The van der Waals surface area contributed by atoms with Gasteiger partial charge in [-0.25, -0.2) is 13.8 Å². The van der Waals surface area contributed by atoms with Crippen molar-refractivity contribution in [2.75, 3.05) is 6.61 Å². The Morgan fingerprint density at radius 2 is 2.28 bits per heavy atom. The Kier molecular flexibility index (Phi) is 5.04. The standard InChI is InChI=1S/C12H15ClF2N2O/c1-8(2)12(14,15)3-4-18-11-10(13)5-9(6-16)7-17-11/h5,7H,1,3-4,6,16H2,2H3. The van der Waals surface area contributed by atoms with Gasteiger partial charge in [-0.05, 0) is 24.1 Å². The van der Waals surface area contributed by atoms with Crippen molar-refractivity contribution in [2.24, 2.45) is 5.73 Å². The van der Waals surface area contributed by atoms with Gasteiger partial charge in [0, 0.05) is 19.2 Å². The van der Waals surface area contributed by atoms with Gasteiger partial charge in [0.15, 0.2) is 0 Å². The summed E-state index contributed by atoms with van der Waals surface area (Å²) >= 11 is 5.87. The third-order valence-electron chi connectivity index (χ3n) is 2.38. The van der Waals surface area contributed by atoms with Crippen molar-refractivity contribution in [2.45, 2.75) is 25.8 Å². The Labute approximate surface area is 110 Å². The van der Waals surface area contributed by atoms with Crippen LogP contribution in [-0.2, 0) is 6.54 Å². The van der Waals surface area contributed by atoms with Gasteiger partial charge in [-0.3, -0.25) is 0 Å². The second-order valence-electron chi connectivity index (χ2n) is 3.92. The van der Waals surface area contributed by atoms with Crippen molar-refractivity contribution in [3.05, 3.63) is 35.0 Å². The largest absolute Gasteiger partial charge is 0.476 e. The summed E-state index contributed by atoms with van der Waals surface area (Å²) in [5.41, 5.74) is 5.97. The molecule has 0 unspecified atom stereocenters. The number of alkyl halides is 2. The van der Waals surface area contributed by atoms with Gasteiger partial charge < -0.3 is 10.5 Å². The first kappa shape index (κ1) is 14.9. The first-order chi connectivity index (χ1) is 8.36. The van der Waals surface area contributed by atoms with E-state index in [0.29, 0.717) is 6.54 Å². The molecule has 0 aromatic carbocycles. The molecule has 0 aliphatic rings. The van der Waals surface area contributed by atoms with Gasteiger partial charge in [-0.15, -0.1) is 0 Å². The lowest BCUT2D eigenvalue weighted by molar-refractivity contribution is 0.0190. The van der Waals surface area contributed by atoms with E-state index in [4.69, 9.17) is 22.1 Å². The highest BCUT2D eigenvalue weighted by Gasteiger charge is 2.29. The summed E-state index contributed by atoms with van der Waals surface area (Å²) in [7, 11) is 0. The van der Waals surface area contributed by atoms with Crippen molar-refractivity contribution in [1.29, 1.82) is 0 Å². The number of hydrogen-bond acceptors (Lipinski definition) is 3. The van der Waals surface area contributed by atoms with E-state index in [1.807, 2.05) is 0 Å². The lowest BCUT2D eigenvalue weighted by atomic mass is 10.1. The van der Waals surface area contributed by atoms with Crippen LogP contribution in [0.3, 0.4) is 0 Å². The second-order valence-corrected chi connectivity index (χ2v) is 4.33. The van der Waals surface area contributed by atoms with Gasteiger partial charge in [0.25, 0.3) is 5.92 Å². The molecule has 2 N–H and O–H groups in total. The molecule has 0 spiro atoms. The van der Waals surface area contributed by atoms with Crippen molar-refractivity contribution in [1.82, 2.24) is 4.98 Å². The zero-order chi connectivity index (χ0) is 13.8. The van der Waals surface area contributed by atoms with E-state index in [-0.39, 0.29) is 23.1 Å². The number of aromatic nitrogens is 1. The van der Waals surface area contributed by atoms with Crippen LogP contribution in [0.4, 0.5) is 8.78 Å². The first-order valence-corrected chi connectivity index (χ1v) is 5.75. The summed E-state index contributed by atoms with van der Waals surface area (Å²) < 4.78 is 31.6. The predicted octanol–water partition coefficient (Wildman–Crippen LogP) is 3.17. The van der Waals surface area contributed by atoms with Crippen molar-refractivity contribution in [3.8, 4) is 5.88 Å². The smallest absolute Gasteiger partial charge is 0.272 e. The highest BCUT2D eigenvalue weighted by atomic mass is 35.5. The van der Waals surface area contributed by atoms with Gasteiger partial charge in [-0.1, -0.05) is 18.2 Å². The van der Waals surface area contributed by atoms with Gasteiger partial charge in [0.1, 0.15) is 5.02 Å². The molecule has 1 heterocycles. The molecule has 18 heavy (non-hydrogen) atoms. The lowest BCUT2D eigenvalue weighted by Crippen LogP contribution is -2.20. The third-order valence-corrected chi connectivity index (χ3v) is 2.65. The molecule has 100 valence electrons. The number of rotatable bonds is 6. The van der Waals surface area contributed by atoms with Crippen LogP contribution >= 0.6 is 11.6 Å². The highest BCUT2D eigenvalue weighted by Crippen LogP contribution is 2.27. The molecule has 0 atom stereocenters. The Hall–Kier alpha value is -1.20. The number of pyridine rings is 1. The van der Waals surface area contributed by atoms with E-state index in [1.54, 1.807) is 6.07 Å². The van der Waals surface area contributed by atoms with Gasteiger partial charge >= 0.3 is 0 Å². The van der Waals surface area contributed by atoms with Crippen LogP contribution in [0.15, 0.2) is 24.4 Å². The SMILES string of the molecule is C=C(C)C(F)(F)CCOc1ncc(CN)cc1Cl.